The third kappa shape index (κ3) is 4.63. The van der Waals surface area contributed by atoms with Crippen LogP contribution in [0.5, 0.6) is 11.5 Å². The van der Waals surface area contributed by atoms with E-state index < -0.39 is 0 Å². The Morgan fingerprint density at radius 3 is 2.50 bits per heavy atom. The summed E-state index contributed by atoms with van der Waals surface area (Å²) in [6, 6.07) is 17.5. The van der Waals surface area contributed by atoms with Crippen molar-refractivity contribution in [1.82, 2.24) is 9.97 Å². The zero-order valence-corrected chi connectivity index (χ0v) is 14.9. The van der Waals surface area contributed by atoms with Crippen LogP contribution in [0, 0.1) is 0 Å². The van der Waals surface area contributed by atoms with Gasteiger partial charge in [-0.2, -0.15) is 4.98 Å². The predicted octanol–water partition coefficient (Wildman–Crippen LogP) is 3.89. The van der Waals surface area contributed by atoms with E-state index in [1.54, 1.807) is 20.4 Å². The van der Waals surface area contributed by atoms with Crippen LogP contribution in [0.25, 0.3) is 0 Å². The second kappa shape index (κ2) is 8.71. The van der Waals surface area contributed by atoms with Gasteiger partial charge in [-0.1, -0.05) is 18.2 Å². The number of nitrogens with one attached hydrogen (secondary N) is 2. The highest BCUT2D eigenvalue weighted by Gasteiger charge is 2.03. The molecule has 0 saturated heterocycles. The van der Waals surface area contributed by atoms with Crippen molar-refractivity contribution in [2.75, 3.05) is 31.4 Å². The lowest BCUT2D eigenvalue weighted by atomic mass is 10.1. The average molecular weight is 350 g/mol. The Morgan fingerprint density at radius 1 is 0.923 bits per heavy atom. The number of nitrogens with zero attached hydrogens (tertiary/aromatic N) is 2. The highest BCUT2D eigenvalue weighted by molar-refractivity contribution is 5.57. The van der Waals surface area contributed by atoms with Gasteiger partial charge in [-0.3, -0.25) is 0 Å². The molecule has 2 aromatic carbocycles. The molecule has 6 heteroatoms. The van der Waals surface area contributed by atoms with E-state index in [1.165, 1.54) is 0 Å². The van der Waals surface area contributed by atoms with Crippen molar-refractivity contribution in [3.05, 3.63) is 66.4 Å². The molecular weight excluding hydrogens is 328 g/mol. The summed E-state index contributed by atoms with van der Waals surface area (Å²) in [6.07, 6.45) is 2.55. The molecule has 0 saturated carbocycles. The van der Waals surface area contributed by atoms with Gasteiger partial charge in [0, 0.05) is 18.4 Å². The highest BCUT2D eigenvalue weighted by atomic mass is 16.5. The van der Waals surface area contributed by atoms with Gasteiger partial charge in [0.05, 0.1) is 14.2 Å². The molecular formula is C20H22N4O2. The fourth-order valence-corrected chi connectivity index (χ4v) is 2.55. The van der Waals surface area contributed by atoms with Crippen molar-refractivity contribution >= 4 is 17.5 Å². The molecule has 26 heavy (non-hydrogen) atoms. The molecule has 0 unspecified atom stereocenters. The Bertz CT molecular complexity index is 837. The second-order valence-electron chi connectivity index (χ2n) is 5.61. The summed E-state index contributed by atoms with van der Waals surface area (Å²) in [4.78, 5) is 8.76. The lowest BCUT2D eigenvalue weighted by Gasteiger charge is -2.10. The average Bonchev–Trinajstić information content (AvgIpc) is 2.69. The molecule has 3 rings (SSSR count). The Morgan fingerprint density at radius 2 is 1.73 bits per heavy atom. The van der Waals surface area contributed by atoms with Crippen LogP contribution in [0.3, 0.4) is 0 Å². The Kier molecular flexibility index (Phi) is 5.88. The van der Waals surface area contributed by atoms with Crippen LogP contribution >= 0.6 is 0 Å². The smallest absolute Gasteiger partial charge is 0.224 e. The van der Waals surface area contributed by atoms with Gasteiger partial charge in [0.25, 0.3) is 0 Å². The van der Waals surface area contributed by atoms with Crippen molar-refractivity contribution < 1.29 is 9.47 Å². The quantitative estimate of drug-likeness (QED) is 0.642. The molecule has 0 aliphatic rings. The van der Waals surface area contributed by atoms with E-state index in [9.17, 15) is 0 Å². The first-order chi connectivity index (χ1) is 12.8. The maximum atomic E-state index is 5.37. The number of methoxy groups -OCH3 is 2. The Balaban J connectivity index is 1.58. The standard InChI is InChI=1S/C20H22N4O2/c1-25-17-9-7-16(8-10-17)23-19-12-14-22-20(24-19)21-13-11-15-5-3-4-6-18(15)26-2/h3-10,12,14H,11,13H2,1-2H3,(H2,21,22,23,24). The van der Waals surface area contributed by atoms with Gasteiger partial charge in [0.1, 0.15) is 17.3 Å². The number of hydrogen-bond donors (Lipinski definition) is 2. The van der Waals surface area contributed by atoms with Gasteiger partial charge in [0.15, 0.2) is 0 Å². The molecule has 0 atom stereocenters. The monoisotopic (exact) mass is 350 g/mol. The van der Waals surface area contributed by atoms with E-state index in [0.29, 0.717) is 12.5 Å². The molecule has 0 spiro atoms. The summed E-state index contributed by atoms with van der Waals surface area (Å²) in [7, 11) is 3.33. The normalized spacial score (nSPS) is 10.2. The number of rotatable bonds is 8. The number of anilines is 3. The fraction of sp³-hybridized carbons (Fsp3) is 0.200. The Labute approximate surface area is 153 Å². The highest BCUT2D eigenvalue weighted by Crippen LogP contribution is 2.20. The molecule has 0 aliphatic heterocycles. The summed E-state index contributed by atoms with van der Waals surface area (Å²) < 4.78 is 10.5. The molecule has 1 aromatic heterocycles. The van der Waals surface area contributed by atoms with Crippen molar-refractivity contribution in [2.24, 2.45) is 0 Å². The molecule has 1 heterocycles. The van der Waals surface area contributed by atoms with E-state index in [-0.39, 0.29) is 0 Å². The van der Waals surface area contributed by atoms with Gasteiger partial charge >= 0.3 is 0 Å². The Hall–Kier alpha value is -3.28. The molecule has 0 amide bonds. The van der Waals surface area contributed by atoms with Gasteiger partial charge in [0.2, 0.25) is 5.95 Å². The lowest BCUT2D eigenvalue weighted by molar-refractivity contribution is 0.410. The van der Waals surface area contributed by atoms with Crippen molar-refractivity contribution in [1.29, 1.82) is 0 Å². The summed E-state index contributed by atoms with van der Waals surface area (Å²) in [5.74, 6) is 3.02. The molecule has 3 aromatic rings. The van der Waals surface area contributed by atoms with Crippen LogP contribution in [-0.4, -0.2) is 30.7 Å². The van der Waals surface area contributed by atoms with E-state index in [0.717, 1.165) is 35.0 Å². The lowest BCUT2D eigenvalue weighted by Crippen LogP contribution is -2.09. The molecule has 6 nitrogen and oxygen atoms in total. The van der Waals surface area contributed by atoms with Crippen LogP contribution in [0.4, 0.5) is 17.5 Å². The summed E-state index contributed by atoms with van der Waals surface area (Å²) in [5.41, 5.74) is 2.08. The first kappa shape index (κ1) is 17.5. The third-order valence-corrected chi connectivity index (χ3v) is 3.89. The van der Waals surface area contributed by atoms with Crippen LogP contribution in [0.1, 0.15) is 5.56 Å². The van der Waals surface area contributed by atoms with Gasteiger partial charge < -0.3 is 20.1 Å². The number of aromatic nitrogens is 2. The van der Waals surface area contributed by atoms with Crippen LogP contribution in [-0.2, 0) is 6.42 Å². The minimum Gasteiger partial charge on any atom is -0.497 e. The molecule has 0 radical (unpaired) electrons. The van der Waals surface area contributed by atoms with E-state index >= 15 is 0 Å². The van der Waals surface area contributed by atoms with E-state index in [4.69, 9.17) is 9.47 Å². The maximum absolute atomic E-state index is 5.37. The van der Waals surface area contributed by atoms with Crippen molar-refractivity contribution in [2.45, 2.75) is 6.42 Å². The third-order valence-electron chi connectivity index (χ3n) is 3.89. The van der Waals surface area contributed by atoms with E-state index in [2.05, 4.69) is 26.7 Å². The SMILES string of the molecule is COc1ccc(Nc2ccnc(NCCc3ccccc3OC)n2)cc1. The van der Waals surface area contributed by atoms with Gasteiger partial charge in [-0.05, 0) is 48.4 Å². The predicted molar refractivity (Wildman–Crippen MR) is 103 cm³/mol. The minimum atomic E-state index is 0.582. The molecule has 0 aliphatic carbocycles. The van der Waals surface area contributed by atoms with Crippen molar-refractivity contribution in [3.63, 3.8) is 0 Å². The van der Waals surface area contributed by atoms with E-state index in [1.807, 2.05) is 48.5 Å². The summed E-state index contributed by atoms with van der Waals surface area (Å²) in [5, 5.41) is 6.51. The van der Waals surface area contributed by atoms with Crippen LogP contribution in [0.15, 0.2) is 60.8 Å². The number of para-hydroxylation sites is 1. The number of benzene rings is 2. The largest absolute Gasteiger partial charge is 0.497 e. The molecule has 2 N–H and O–H groups in total. The second-order valence-corrected chi connectivity index (χ2v) is 5.61. The summed E-state index contributed by atoms with van der Waals surface area (Å²) >= 11 is 0. The molecule has 0 bridgehead atoms. The van der Waals surface area contributed by atoms with Gasteiger partial charge in [-0.15, -0.1) is 0 Å². The minimum absolute atomic E-state index is 0.582. The summed E-state index contributed by atoms with van der Waals surface area (Å²) in [6.45, 7) is 0.715. The first-order valence-corrected chi connectivity index (χ1v) is 8.38. The maximum Gasteiger partial charge on any atom is 0.224 e. The molecule has 134 valence electrons. The zero-order valence-electron chi connectivity index (χ0n) is 14.9. The fourth-order valence-electron chi connectivity index (χ4n) is 2.55. The molecule has 0 fully saturated rings. The van der Waals surface area contributed by atoms with Crippen LogP contribution < -0.4 is 20.1 Å². The first-order valence-electron chi connectivity index (χ1n) is 8.38. The number of ether oxygens (including phenoxy) is 2. The van der Waals surface area contributed by atoms with Crippen molar-refractivity contribution in [3.8, 4) is 11.5 Å². The van der Waals surface area contributed by atoms with Crippen LogP contribution in [0.2, 0.25) is 0 Å². The number of hydrogen-bond acceptors (Lipinski definition) is 6. The van der Waals surface area contributed by atoms with Gasteiger partial charge in [-0.25, -0.2) is 4.98 Å². The topological polar surface area (TPSA) is 68.3 Å². The zero-order chi connectivity index (χ0) is 18.2.